The van der Waals surface area contributed by atoms with Gasteiger partial charge in [0.05, 0.1) is 22.9 Å². The van der Waals surface area contributed by atoms with Crippen LogP contribution >= 0.6 is 11.3 Å². The average Bonchev–Trinajstić information content (AvgIpc) is 2.96. The van der Waals surface area contributed by atoms with Crippen LogP contribution in [0.2, 0.25) is 0 Å². The summed E-state index contributed by atoms with van der Waals surface area (Å²) >= 11 is 1.75. The molecular formula is C15H23N5OS. The van der Waals surface area contributed by atoms with E-state index in [1.807, 2.05) is 20.8 Å². The van der Waals surface area contributed by atoms with Gasteiger partial charge >= 0.3 is 0 Å². The summed E-state index contributed by atoms with van der Waals surface area (Å²) in [6.45, 7) is 9.28. The van der Waals surface area contributed by atoms with Crippen molar-refractivity contribution in [2.75, 3.05) is 13.6 Å². The van der Waals surface area contributed by atoms with E-state index in [9.17, 15) is 0 Å². The normalized spacial score (nSPS) is 11.8. The third kappa shape index (κ3) is 4.30. The lowest BCUT2D eigenvalue weighted by atomic mass is 10.3. The Hall–Kier alpha value is -1.89. The molecule has 0 aliphatic carbocycles. The maximum atomic E-state index is 5.54. The summed E-state index contributed by atoms with van der Waals surface area (Å²) < 4.78 is 5.54. The Morgan fingerprint density at radius 2 is 1.91 bits per heavy atom. The van der Waals surface area contributed by atoms with Gasteiger partial charge in [0.1, 0.15) is 5.76 Å². The molecule has 120 valence electrons. The first-order valence-corrected chi connectivity index (χ1v) is 8.11. The first-order valence-electron chi connectivity index (χ1n) is 7.30. The third-order valence-corrected chi connectivity index (χ3v) is 4.48. The van der Waals surface area contributed by atoms with Crippen LogP contribution < -0.4 is 10.6 Å². The van der Waals surface area contributed by atoms with Crippen LogP contribution in [0.15, 0.2) is 9.41 Å². The van der Waals surface area contributed by atoms with Gasteiger partial charge in [0.2, 0.25) is 5.89 Å². The largest absolute Gasteiger partial charge is 0.444 e. The minimum absolute atomic E-state index is 0.521. The zero-order valence-electron chi connectivity index (χ0n) is 13.8. The molecule has 22 heavy (non-hydrogen) atoms. The van der Waals surface area contributed by atoms with E-state index in [1.165, 1.54) is 4.88 Å². The number of thiazole rings is 1. The van der Waals surface area contributed by atoms with E-state index in [0.29, 0.717) is 12.4 Å². The van der Waals surface area contributed by atoms with Gasteiger partial charge in [-0.15, -0.1) is 11.3 Å². The van der Waals surface area contributed by atoms with Gasteiger partial charge in [-0.2, -0.15) is 0 Å². The van der Waals surface area contributed by atoms with Gasteiger partial charge in [-0.05, 0) is 27.7 Å². The van der Waals surface area contributed by atoms with Gasteiger partial charge in [0.25, 0.3) is 0 Å². The molecule has 0 radical (unpaired) electrons. The summed E-state index contributed by atoms with van der Waals surface area (Å²) in [6.07, 6.45) is 0.940. The number of nitrogens with zero attached hydrogens (tertiary/aromatic N) is 3. The molecule has 0 atom stereocenters. The minimum atomic E-state index is 0.521. The number of aliphatic imine (C=N–C) groups is 1. The van der Waals surface area contributed by atoms with Crippen LogP contribution in [0, 0.1) is 27.7 Å². The second-order valence-corrected chi connectivity index (χ2v) is 6.38. The quantitative estimate of drug-likeness (QED) is 0.653. The van der Waals surface area contributed by atoms with Crippen molar-refractivity contribution < 1.29 is 4.42 Å². The van der Waals surface area contributed by atoms with Crippen LogP contribution in [0.4, 0.5) is 0 Å². The van der Waals surface area contributed by atoms with Crippen LogP contribution in [0.3, 0.4) is 0 Å². The Balaban J connectivity index is 1.79. The van der Waals surface area contributed by atoms with Crippen molar-refractivity contribution >= 4 is 17.3 Å². The minimum Gasteiger partial charge on any atom is -0.444 e. The van der Waals surface area contributed by atoms with Crippen molar-refractivity contribution in [3.8, 4) is 0 Å². The van der Waals surface area contributed by atoms with Gasteiger partial charge in [-0.1, -0.05) is 0 Å². The number of guanidine groups is 1. The van der Waals surface area contributed by atoms with Crippen molar-refractivity contribution in [2.24, 2.45) is 4.99 Å². The molecule has 2 aromatic rings. The summed E-state index contributed by atoms with van der Waals surface area (Å²) in [4.78, 5) is 14.3. The van der Waals surface area contributed by atoms with Gasteiger partial charge in [0.15, 0.2) is 5.96 Å². The van der Waals surface area contributed by atoms with Crippen LogP contribution in [0.1, 0.15) is 32.9 Å². The van der Waals surface area contributed by atoms with Crippen molar-refractivity contribution in [1.82, 2.24) is 20.6 Å². The monoisotopic (exact) mass is 321 g/mol. The highest BCUT2D eigenvalue weighted by molar-refractivity contribution is 7.11. The summed E-state index contributed by atoms with van der Waals surface area (Å²) in [5.74, 6) is 2.27. The molecule has 2 aromatic heterocycles. The Labute approximate surface area is 135 Å². The Kier molecular flexibility index (Phi) is 5.54. The van der Waals surface area contributed by atoms with Crippen molar-refractivity contribution in [2.45, 2.75) is 40.7 Å². The summed E-state index contributed by atoms with van der Waals surface area (Å²) in [5.41, 5.74) is 2.05. The third-order valence-electron chi connectivity index (χ3n) is 3.35. The Bertz CT molecular complexity index is 639. The number of aryl methyl sites for hydroxylation is 4. The van der Waals surface area contributed by atoms with Gasteiger partial charge in [-0.3, -0.25) is 4.99 Å². The number of oxazole rings is 1. The molecule has 2 heterocycles. The molecule has 2 N–H and O–H groups in total. The molecule has 0 fully saturated rings. The predicted molar refractivity (Wildman–Crippen MR) is 89.5 cm³/mol. The topological polar surface area (TPSA) is 75.3 Å². The molecule has 0 saturated heterocycles. The molecule has 0 aromatic carbocycles. The van der Waals surface area contributed by atoms with E-state index in [4.69, 9.17) is 4.42 Å². The fourth-order valence-corrected chi connectivity index (χ4v) is 3.03. The standard InChI is InChI=1S/C15H23N5OS/c1-9-11(3)21-14(20-9)8-18-15(16-5)17-7-6-13-10(2)19-12(4)22-13/h6-8H2,1-5H3,(H2,16,17,18). The Morgan fingerprint density at radius 3 is 2.45 bits per heavy atom. The number of nitrogens with one attached hydrogen (secondary N) is 2. The van der Waals surface area contributed by atoms with Crippen molar-refractivity contribution in [1.29, 1.82) is 0 Å². The SMILES string of the molecule is CN=C(NCCc1sc(C)nc1C)NCc1nc(C)c(C)o1. The van der Waals surface area contributed by atoms with Crippen LogP contribution in [0.5, 0.6) is 0 Å². The second-order valence-electron chi connectivity index (χ2n) is 5.09. The van der Waals surface area contributed by atoms with E-state index in [2.05, 4.69) is 32.5 Å². The fraction of sp³-hybridized carbons (Fsp3) is 0.533. The zero-order valence-corrected chi connectivity index (χ0v) is 14.6. The predicted octanol–water partition coefficient (Wildman–Crippen LogP) is 2.27. The van der Waals surface area contributed by atoms with E-state index in [1.54, 1.807) is 18.4 Å². The van der Waals surface area contributed by atoms with Crippen molar-refractivity contribution in [3.05, 3.63) is 32.9 Å². The fourth-order valence-electron chi connectivity index (χ4n) is 2.09. The lowest BCUT2D eigenvalue weighted by Crippen LogP contribution is -2.37. The second kappa shape index (κ2) is 7.40. The zero-order chi connectivity index (χ0) is 16.1. The van der Waals surface area contributed by atoms with E-state index in [0.717, 1.165) is 41.1 Å². The van der Waals surface area contributed by atoms with Crippen LogP contribution in [0.25, 0.3) is 0 Å². The first-order chi connectivity index (χ1) is 10.5. The maximum absolute atomic E-state index is 5.54. The number of hydrogen-bond donors (Lipinski definition) is 2. The van der Waals surface area contributed by atoms with E-state index in [-0.39, 0.29) is 0 Å². The summed E-state index contributed by atoms with van der Waals surface area (Å²) in [6, 6.07) is 0. The van der Waals surface area contributed by atoms with Crippen molar-refractivity contribution in [3.63, 3.8) is 0 Å². The molecular weight excluding hydrogens is 298 g/mol. The van der Waals surface area contributed by atoms with Crippen LogP contribution in [-0.2, 0) is 13.0 Å². The lowest BCUT2D eigenvalue weighted by molar-refractivity contribution is 0.464. The average molecular weight is 321 g/mol. The Morgan fingerprint density at radius 1 is 1.14 bits per heavy atom. The number of aromatic nitrogens is 2. The molecule has 0 unspecified atom stereocenters. The highest BCUT2D eigenvalue weighted by Gasteiger charge is 2.07. The van der Waals surface area contributed by atoms with Gasteiger partial charge < -0.3 is 15.1 Å². The van der Waals surface area contributed by atoms with Gasteiger partial charge in [-0.25, -0.2) is 9.97 Å². The smallest absolute Gasteiger partial charge is 0.214 e. The summed E-state index contributed by atoms with van der Waals surface area (Å²) in [5, 5.41) is 7.61. The molecule has 2 rings (SSSR count). The molecule has 0 bridgehead atoms. The molecule has 0 aliphatic rings. The molecule has 0 spiro atoms. The van der Waals surface area contributed by atoms with E-state index < -0.39 is 0 Å². The number of hydrogen-bond acceptors (Lipinski definition) is 5. The first kappa shape index (κ1) is 16.5. The van der Waals surface area contributed by atoms with Crippen LogP contribution in [-0.4, -0.2) is 29.5 Å². The molecule has 7 heteroatoms. The molecule has 0 saturated carbocycles. The van der Waals surface area contributed by atoms with E-state index >= 15 is 0 Å². The summed E-state index contributed by atoms with van der Waals surface area (Å²) in [7, 11) is 1.75. The number of rotatable bonds is 5. The maximum Gasteiger partial charge on any atom is 0.214 e. The van der Waals surface area contributed by atoms with Gasteiger partial charge in [0, 0.05) is 24.9 Å². The molecule has 6 nitrogen and oxygen atoms in total. The lowest BCUT2D eigenvalue weighted by Gasteiger charge is -2.10. The highest BCUT2D eigenvalue weighted by Crippen LogP contribution is 2.17. The highest BCUT2D eigenvalue weighted by atomic mass is 32.1. The molecule has 0 amide bonds. The molecule has 0 aliphatic heterocycles.